The van der Waals surface area contributed by atoms with Crippen LogP contribution in [0.3, 0.4) is 0 Å². The van der Waals surface area contributed by atoms with Gasteiger partial charge in [-0.05, 0) is 55.5 Å². The molecule has 39 heavy (non-hydrogen) atoms. The van der Waals surface area contributed by atoms with Crippen molar-refractivity contribution < 1.29 is 34.1 Å². The number of carbonyl (C=O) groups excluding carboxylic acids is 1. The monoisotopic (exact) mass is 532 g/mol. The summed E-state index contributed by atoms with van der Waals surface area (Å²) in [6.45, 7) is 0.873. The smallest absolute Gasteiger partial charge is 0.346 e. The van der Waals surface area contributed by atoms with Crippen LogP contribution in [-0.4, -0.2) is 53.9 Å². The Morgan fingerprint density at radius 1 is 0.923 bits per heavy atom. The number of aryl methyl sites for hydroxylation is 1. The van der Waals surface area contributed by atoms with Crippen LogP contribution in [0.25, 0.3) is 0 Å². The van der Waals surface area contributed by atoms with E-state index in [9.17, 15) is 19.5 Å². The standard InChI is InChI=1S/C30H32N2O7/c33-27(34)17-9-18-32-20-26(30(36)37)39-28-23(14-8-15-24(28)32)31-29(35)22-13-4-5-16-25(22)38-19-7-6-12-21-10-2-1-3-11-21/h1-5,8,10-11,13-16,26H,6-7,9,12,17-20H2,(H,31,35)(H,33,34)(H,36,37). The average Bonchev–Trinajstić information content (AvgIpc) is 2.93. The lowest BCUT2D eigenvalue weighted by molar-refractivity contribution is -0.145. The third-order valence-corrected chi connectivity index (χ3v) is 6.42. The molecule has 0 aliphatic carbocycles. The second-order valence-electron chi connectivity index (χ2n) is 9.28. The number of ether oxygens (including phenoxy) is 2. The Balaban J connectivity index is 1.43. The van der Waals surface area contributed by atoms with Gasteiger partial charge in [0.05, 0.1) is 30.1 Å². The molecule has 3 N–H and O–H groups in total. The Morgan fingerprint density at radius 2 is 1.69 bits per heavy atom. The fourth-order valence-electron chi connectivity index (χ4n) is 4.46. The van der Waals surface area contributed by atoms with Crippen molar-refractivity contribution in [1.82, 2.24) is 0 Å². The minimum Gasteiger partial charge on any atom is -0.493 e. The van der Waals surface area contributed by atoms with Gasteiger partial charge in [-0.25, -0.2) is 4.79 Å². The van der Waals surface area contributed by atoms with Crippen LogP contribution in [0.5, 0.6) is 11.5 Å². The maximum Gasteiger partial charge on any atom is 0.346 e. The first-order valence-electron chi connectivity index (χ1n) is 13.0. The summed E-state index contributed by atoms with van der Waals surface area (Å²) in [5, 5.41) is 21.4. The molecule has 1 unspecified atom stereocenters. The Bertz CT molecular complexity index is 1300. The number of fused-ring (bicyclic) bond motifs is 1. The highest BCUT2D eigenvalue weighted by molar-refractivity contribution is 6.07. The highest BCUT2D eigenvalue weighted by Gasteiger charge is 2.32. The van der Waals surface area contributed by atoms with Gasteiger partial charge in [0.2, 0.25) is 6.10 Å². The second kappa shape index (κ2) is 13.3. The molecular formula is C30H32N2O7. The van der Waals surface area contributed by atoms with Crippen molar-refractivity contribution in [2.45, 2.75) is 38.2 Å². The van der Waals surface area contributed by atoms with Crippen molar-refractivity contribution >= 4 is 29.2 Å². The lowest BCUT2D eigenvalue weighted by Gasteiger charge is -2.35. The summed E-state index contributed by atoms with van der Waals surface area (Å²) in [5.74, 6) is -1.78. The van der Waals surface area contributed by atoms with E-state index >= 15 is 0 Å². The lowest BCUT2D eigenvalue weighted by Crippen LogP contribution is -2.45. The van der Waals surface area contributed by atoms with E-state index in [1.54, 1.807) is 47.4 Å². The van der Waals surface area contributed by atoms with E-state index in [-0.39, 0.29) is 18.7 Å². The third kappa shape index (κ3) is 7.50. The molecule has 0 saturated heterocycles. The number of carboxylic acid groups (broad SMARTS) is 2. The Hall–Kier alpha value is -4.53. The zero-order valence-corrected chi connectivity index (χ0v) is 21.5. The molecule has 1 aliphatic heterocycles. The van der Waals surface area contributed by atoms with Gasteiger partial charge in [0, 0.05) is 13.0 Å². The maximum atomic E-state index is 13.3. The second-order valence-corrected chi connectivity index (χ2v) is 9.28. The van der Waals surface area contributed by atoms with Crippen molar-refractivity contribution in [3.63, 3.8) is 0 Å². The van der Waals surface area contributed by atoms with Crippen LogP contribution >= 0.6 is 0 Å². The number of hydrogen-bond donors (Lipinski definition) is 3. The number of nitrogens with one attached hydrogen (secondary N) is 1. The number of carboxylic acids is 2. The van der Waals surface area contributed by atoms with E-state index in [1.165, 1.54) is 5.56 Å². The SMILES string of the molecule is O=C(O)CCCN1CC(C(=O)O)Oc2c(NC(=O)c3ccccc3OCCCCc3ccccc3)cccc21. The lowest BCUT2D eigenvalue weighted by atomic mass is 10.1. The number of unbranched alkanes of at least 4 members (excludes halogenated alkanes) is 1. The number of hydrogen-bond acceptors (Lipinski definition) is 6. The van der Waals surface area contributed by atoms with Crippen molar-refractivity contribution in [2.24, 2.45) is 0 Å². The van der Waals surface area contributed by atoms with E-state index in [2.05, 4.69) is 17.4 Å². The maximum absolute atomic E-state index is 13.3. The van der Waals surface area contributed by atoms with Crippen LogP contribution in [-0.2, 0) is 16.0 Å². The Kier molecular flexibility index (Phi) is 9.39. The van der Waals surface area contributed by atoms with Crippen molar-refractivity contribution in [2.75, 3.05) is 29.9 Å². The van der Waals surface area contributed by atoms with Crippen LogP contribution in [0.4, 0.5) is 11.4 Å². The molecule has 3 aromatic rings. The minimum absolute atomic E-state index is 0.0378. The fourth-order valence-corrected chi connectivity index (χ4v) is 4.46. The van der Waals surface area contributed by atoms with Crippen LogP contribution in [0.1, 0.15) is 41.6 Å². The van der Waals surface area contributed by atoms with Gasteiger partial charge in [0.25, 0.3) is 5.91 Å². The first-order valence-corrected chi connectivity index (χ1v) is 13.0. The summed E-state index contributed by atoms with van der Waals surface area (Å²) in [6, 6.07) is 22.3. The van der Waals surface area contributed by atoms with Crippen molar-refractivity contribution in [1.29, 1.82) is 0 Å². The van der Waals surface area contributed by atoms with Gasteiger partial charge in [-0.2, -0.15) is 0 Å². The molecule has 1 heterocycles. The van der Waals surface area contributed by atoms with E-state index < -0.39 is 23.9 Å². The molecule has 9 nitrogen and oxygen atoms in total. The first kappa shape index (κ1) is 27.5. The average molecular weight is 533 g/mol. The van der Waals surface area contributed by atoms with E-state index in [0.717, 1.165) is 19.3 Å². The van der Waals surface area contributed by atoms with E-state index in [1.807, 2.05) is 18.2 Å². The molecule has 1 amide bonds. The van der Waals surface area contributed by atoms with Gasteiger partial charge >= 0.3 is 11.9 Å². The Labute approximate surface area is 227 Å². The summed E-state index contributed by atoms with van der Waals surface area (Å²) in [4.78, 5) is 37.8. The summed E-state index contributed by atoms with van der Waals surface area (Å²) >= 11 is 0. The zero-order chi connectivity index (χ0) is 27.6. The number of rotatable bonds is 13. The molecule has 1 aliphatic rings. The van der Waals surface area contributed by atoms with Gasteiger partial charge in [-0.1, -0.05) is 48.5 Å². The van der Waals surface area contributed by atoms with Crippen LogP contribution in [0.2, 0.25) is 0 Å². The molecule has 9 heteroatoms. The van der Waals surface area contributed by atoms with Crippen LogP contribution in [0, 0.1) is 0 Å². The molecule has 0 spiro atoms. The summed E-state index contributed by atoms with van der Waals surface area (Å²) in [5.41, 5.74) is 2.54. The number of aliphatic carboxylic acids is 2. The number of benzene rings is 3. The minimum atomic E-state index is -1.16. The van der Waals surface area contributed by atoms with Gasteiger partial charge < -0.3 is 29.9 Å². The van der Waals surface area contributed by atoms with Crippen molar-refractivity contribution in [3.8, 4) is 11.5 Å². The molecule has 0 aromatic heterocycles. The quantitative estimate of drug-likeness (QED) is 0.267. The fraction of sp³-hybridized carbons (Fsp3) is 0.300. The van der Waals surface area contributed by atoms with E-state index in [0.29, 0.717) is 42.3 Å². The topological polar surface area (TPSA) is 125 Å². The molecule has 0 fully saturated rings. The van der Waals surface area contributed by atoms with Gasteiger partial charge in [-0.15, -0.1) is 0 Å². The molecule has 0 bridgehead atoms. The predicted molar refractivity (Wildman–Crippen MR) is 147 cm³/mol. The Morgan fingerprint density at radius 3 is 2.46 bits per heavy atom. The molecule has 3 aromatic carbocycles. The molecule has 4 rings (SSSR count). The number of carbonyl (C=O) groups is 3. The van der Waals surface area contributed by atoms with Crippen LogP contribution < -0.4 is 19.7 Å². The molecule has 1 atom stereocenters. The molecule has 0 radical (unpaired) electrons. The van der Waals surface area contributed by atoms with E-state index in [4.69, 9.17) is 14.6 Å². The van der Waals surface area contributed by atoms with Gasteiger partial charge in [0.1, 0.15) is 5.75 Å². The van der Waals surface area contributed by atoms with Crippen LogP contribution in [0.15, 0.2) is 72.8 Å². The molecule has 0 saturated carbocycles. The zero-order valence-electron chi connectivity index (χ0n) is 21.5. The first-order chi connectivity index (χ1) is 18.9. The van der Waals surface area contributed by atoms with Crippen molar-refractivity contribution in [3.05, 3.63) is 83.9 Å². The predicted octanol–water partition coefficient (Wildman–Crippen LogP) is 4.86. The number of para-hydroxylation sites is 2. The summed E-state index contributed by atoms with van der Waals surface area (Å²) in [7, 11) is 0. The molecular weight excluding hydrogens is 500 g/mol. The van der Waals surface area contributed by atoms with Gasteiger partial charge in [0.15, 0.2) is 5.75 Å². The number of anilines is 2. The number of amides is 1. The number of nitrogens with zero attached hydrogens (tertiary/aromatic N) is 1. The third-order valence-electron chi connectivity index (χ3n) is 6.42. The summed E-state index contributed by atoms with van der Waals surface area (Å²) < 4.78 is 11.7. The normalized spacial score (nSPS) is 14.2. The summed E-state index contributed by atoms with van der Waals surface area (Å²) in [6.07, 6.45) is 1.89. The highest BCUT2D eigenvalue weighted by atomic mass is 16.5. The highest BCUT2D eigenvalue weighted by Crippen LogP contribution is 2.40. The molecule has 204 valence electrons. The largest absolute Gasteiger partial charge is 0.493 e. The van der Waals surface area contributed by atoms with Gasteiger partial charge in [-0.3, -0.25) is 9.59 Å².